The van der Waals surface area contributed by atoms with Crippen LogP contribution in [0.4, 0.5) is 0 Å². The number of carboxylic acids is 1. The van der Waals surface area contributed by atoms with Crippen molar-refractivity contribution in [3.05, 3.63) is 28.0 Å². The first kappa shape index (κ1) is 14.7. The number of carboxylic acid groups (broad SMARTS) is 1. The van der Waals surface area contributed by atoms with E-state index in [0.717, 1.165) is 17.4 Å². The van der Waals surface area contributed by atoms with Crippen LogP contribution in [-0.4, -0.2) is 46.2 Å². The third-order valence-electron chi connectivity index (χ3n) is 3.42. The van der Waals surface area contributed by atoms with E-state index in [-0.39, 0.29) is 11.8 Å². The maximum absolute atomic E-state index is 12.3. The molecule has 0 saturated carbocycles. The van der Waals surface area contributed by atoms with Crippen LogP contribution in [0, 0.1) is 5.92 Å². The van der Waals surface area contributed by atoms with Gasteiger partial charge in [0.1, 0.15) is 0 Å². The van der Waals surface area contributed by atoms with Gasteiger partial charge in [-0.15, -0.1) is 11.3 Å². The van der Waals surface area contributed by atoms with Crippen LogP contribution in [0.1, 0.15) is 27.9 Å². The van der Waals surface area contributed by atoms with Gasteiger partial charge in [-0.1, -0.05) is 0 Å². The topological polar surface area (TPSA) is 77.8 Å². The summed E-state index contributed by atoms with van der Waals surface area (Å²) in [6, 6.07) is 3.45. The average molecular weight is 295 g/mol. The molecule has 0 bridgehead atoms. The van der Waals surface area contributed by atoms with Gasteiger partial charge in [-0.05, 0) is 31.6 Å². The van der Waals surface area contributed by atoms with Crippen LogP contribution < -0.4 is 0 Å². The number of likely N-dealkylation sites (tertiary alicyclic amines) is 1. The smallest absolute Gasteiger partial charge is 0.328 e. The van der Waals surface area contributed by atoms with Gasteiger partial charge in [-0.3, -0.25) is 4.79 Å². The van der Waals surface area contributed by atoms with E-state index < -0.39 is 12.1 Å². The van der Waals surface area contributed by atoms with E-state index in [1.807, 2.05) is 0 Å². The van der Waals surface area contributed by atoms with Crippen molar-refractivity contribution in [1.82, 2.24) is 4.90 Å². The molecule has 20 heavy (non-hydrogen) atoms. The lowest BCUT2D eigenvalue weighted by atomic mass is 10.0. The summed E-state index contributed by atoms with van der Waals surface area (Å²) in [6.07, 6.45) is 2.96. The van der Waals surface area contributed by atoms with Crippen molar-refractivity contribution in [2.45, 2.75) is 19.4 Å². The lowest BCUT2D eigenvalue weighted by Crippen LogP contribution is -2.29. The molecule has 2 unspecified atom stereocenters. The molecule has 2 rings (SSSR count). The van der Waals surface area contributed by atoms with Gasteiger partial charge in [0.25, 0.3) is 5.91 Å². The molecule has 2 atom stereocenters. The second-order valence-corrected chi connectivity index (χ2v) is 6.03. The minimum atomic E-state index is -1.01. The Kier molecular flexibility index (Phi) is 4.57. The van der Waals surface area contributed by atoms with Crippen molar-refractivity contribution in [3.63, 3.8) is 0 Å². The maximum Gasteiger partial charge on any atom is 0.328 e. The van der Waals surface area contributed by atoms with Crippen LogP contribution in [-0.2, 0) is 4.79 Å². The SMILES string of the molecule is CC(O)C1CCN(C(=O)c2ccc(/C=C/C(=O)O)s2)C1. The highest BCUT2D eigenvalue weighted by atomic mass is 32.1. The highest BCUT2D eigenvalue weighted by Crippen LogP contribution is 2.25. The molecule has 1 aliphatic heterocycles. The van der Waals surface area contributed by atoms with E-state index >= 15 is 0 Å². The molecule has 1 aromatic rings. The fourth-order valence-electron chi connectivity index (χ4n) is 2.23. The fourth-order valence-corrected chi connectivity index (χ4v) is 3.11. The molecule has 1 amide bonds. The van der Waals surface area contributed by atoms with Crippen LogP contribution in [0.3, 0.4) is 0 Å². The van der Waals surface area contributed by atoms with E-state index in [0.29, 0.717) is 18.0 Å². The number of hydrogen-bond acceptors (Lipinski definition) is 4. The Balaban J connectivity index is 2.02. The van der Waals surface area contributed by atoms with E-state index in [2.05, 4.69) is 0 Å². The summed E-state index contributed by atoms with van der Waals surface area (Å²) in [7, 11) is 0. The number of carbonyl (C=O) groups excluding carboxylic acids is 1. The number of hydrogen-bond donors (Lipinski definition) is 2. The van der Waals surface area contributed by atoms with Gasteiger partial charge in [0, 0.05) is 30.0 Å². The lowest BCUT2D eigenvalue weighted by molar-refractivity contribution is -0.131. The molecule has 108 valence electrons. The normalized spacial score (nSPS) is 20.5. The number of aliphatic hydroxyl groups excluding tert-OH is 1. The summed E-state index contributed by atoms with van der Waals surface area (Å²) in [5.41, 5.74) is 0. The zero-order chi connectivity index (χ0) is 14.7. The van der Waals surface area contributed by atoms with Gasteiger partial charge in [0.15, 0.2) is 0 Å². The molecule has 1 fully saturated rings. The number of amides is 1. The zero-order valence-electron chi connectivity index (χ0n) is 11.2. The Morgan fingerprint density at radius 2 is 2.25 bits per heavy atom. The van der Waals surface area contributed by atoms with Gasteiger partial charge in [-0.2, -0.15) is 0 Å². The predicted molar refractivity (Wildman–Crippen MR) is 76.7 cm³/mol. The van der Waals surface area contributed by atoms with Crippen LogP contribution in [0.25, 0.3) is 6.08 Å². The van der Waals surface area contributed by atoms with Crippen LogP contribution in [0.15, 0.2) is 18.2 Å². The second kappa shape index (κ2) is 6.19. The van der Waals surface area contributed by atoms with E-state index in [4.69, 9.17) is 5.11 Å². The maximum atomic E-state index is 12.3. The summed E-state index contributed by atoms with van der Waals surface area (Å²) in [6.45, 7) is 2.99. The van der Waals surface area contributed by atoms with Crippen molar-refractivity contribution in [2.75, 3.05) is 13.1 Å². The first-order valence-corrected chi connectivity index (χ1v) is 7.27. The molecular formula is C14H17NO4S. The number of carbonyl (C=O) groups is 2. The number of rotatable bonds is 4. The Bertz CT molecular complexity index is 535. The summed E-state index contributed by atoms with van der Waals surface area (Å²) < 4.78 is 0. The molecule has 1 saturated heterocycles. The van der Waals surface area contributed by atoms with Crippen molar-refractivity contribution in [2.24, 2.45) is 5.92 Å². The number of aliphatic hydroxyl groups is 1. The molecule has 2 N–H and O–H groups in total. The fraction of sp³-hybridized carbons (Fsp3) is 0.429. The Morgan fingerprint density at radius 1 is 1.50 bits per heavy atom. The van der Waals surface area contributed by atoms with E-state index in [1.165, 1.54) is 17.4 Å². The van der Waals surface area contributed by atoms with Crippen molar-refractivity contribution >= 4 is 29.3 Å². The molecule has 1 aromatic heterocycles. The molecule has 2 heterocycles. The van der Waals surface area contributed by atoms with Crippen LogP contribution in [0.2, 0.25) is 0 Å². The highest BCUT2D eigenvalue weighted by molar-refractivity contribution is 7.14. The standard InChI is InChI=1S/C14H17NO4S/c1-9(16)10-6-7-15(8-10)14(19)12-4-2-11(20-12)3-5-13(17)18/h2-5,9-10,16H,6-8H2,1H3,(H,17,18)/b5-3+. The second-order valence-electron chi connectivity index (χ2n) is 4.91. The lowest BCUT2D eigenvalue weighted by Gasteiger charge is -2.16. The molecule has 0 spiro atoms. The Morgan fingerprint density at radius 3 is 2.85 bits per heavy atom. The van der Waals surface area contributed by atoms with Crippen molar-refractivity contribution in [1.29, 1.82) is 0 Å². The Labute approximate surface area is 121 Å². The Hall–Kier alpha value is -1.66. The monoisotopic (exact) mass is 295 g/mol. The molecule has 0 aliphatic carbocycles. The molecule has 0 radical (unpaired) electrons. The number of thiophene rings is 1. The van der Waals surface area contributed by atoms with Crippen LogP contribution >= 0.6 is 11.3 Å². The predicted octanol–water partition coefficient (Wildman–Crippen LogP) is 1.69. The third kappa shape index (κ3) is 3.46. The molecule has 0 aromatic carbocycles. The van der Waals surface area contributed by atoms with Crippen molar-refractivity contribution in [3.8, 4) is 0 Å². The van der Waals surface area contributed by atoms with Gasteiger partial charge in [0.05, 0.1) is 11.0 Å². The van der Waals surface area contributed by atoms with Gasteiger partial charge in [-0.25, -0.2) is 4.79 Å². The van der Waals surface area contributed by atoms with Gasteiger partial charge in [0.2, 0.25) is 0 Å². The number of aliphatic carboxylic acids is 1. The minimum Gasteiger partial charge on any atom is -0.478 e. The molecule has 6 heteroatoms. The highest BCUT2D eigenvalue weighted by Gasteiger charge is 2.29. The van der Waals surface area contributed by atoms with Gasteiger partial charge < -0.3 is 15.1 Å². The van der Waals surface area contributed by atoms with Crippen LogP contribution in [0.5, 0.6) is 0 Å². The average Bonchev–Trinajstić information content (AvgIpc) is 3.05. The minimum absolute atomic E-state index is 0.0480. The molecular weight excluding hydrogens is 278 g/mol. The summed E-state index contributed by atoms with van der Waals surface area (Å²) in [4.78, 5) is 25.8. The largest absolute Gasteiger partial charge is 0.478 e. The number of nitrogens with zero attached hydrogens (tertiary/aromatic N) is 1. The summed E-state index contributed by atoms with van der Waals surface area (Å²) in [5, 5.41) is 18.1. The zero-order valence-corrected chi connectivity index (χ0v) is 12.0. The molecule has 1 aliphatic rings. The summed E-state index contributed by atoms with van der Waals surface area (Å²) in [5.74, 6) is -0.913. The first-order chi connectivity index (χ1) is 9.47. The van der Waals surface area contributed by atoms with Crippen molar-refractivity contribution < 1.29 is 19.8 Å². The van der Waals surface area contributed by atoms with E-state index in [1.54, 1.807) is 24.0 Å². The summed E-state index contributed by atoms with van der Waals surface area (Å²) >= 11 is 1.28. The van der Waals surface area contributed by atoms with Gasteiger partial charge >= 0.3 is 5.97 Å². The quantitative estimate of drug-likeness (QED) is 0.829. The third-order valence-corrected chi connectivity index (χ3v) is 4.46. The van der Waals surface area contributed by atoms with E-state index in [9.17, 15) is 14.7 Å². The first-order valence-electron chi connectivity index (χ1n) is 6.45. The molecule has 5 nitrogen and oxygen atoms in total.